The quantitative estimate of drug-likeness (QED) is 0.132. The van der Waals surface area contributed by atoms with E-state index in [1.165, 1.54) is 11.8 Å². The molecule has 1 fully saturated rings. The molecule has 13 heteroatoms. The van der Waals surface area contributed by atoms with Gasteiger partial charge in [-0.05, 0) is 96.7 Å². The van der Waals surface area contributed by atoms with Crippen molar-refractivity contribution in [1.82, 2.24) is 35.7 Å². The molecule has 3 amide bonds. The first-order valence-corrected chi connectivity index (χ1v) is 17.9. The Balaban J connectivity index is 0.986. The third kappa shape index (κ3) is 13.2. The summed E-state index contributed by atoms with van der Waals surface area (Å²) >= 11 is 1.37. The Labute approximate surface area is 287 Å². The van der Waals surface area contributed by atoms with Gasteiger partial charge in [-0.15, -0.1) is 5.10 Å². The van der Waals surface area contributed by atoms with Crippen LogP contribution in [-0.4, -0.2) is 81.9 Å². The number of amides is 3. The van der Waals surface area contributed by atoms with Crippen molar-refractivity contribution in [1.29, 1.82) is 0 Å². The second-order valence-corrected chi connectivity index (χ2v) is 13.1. The summed E-state index contributed by atoms with van der Waals surface area (Å²) in [4.78, 5) is 39.2. The number of benzene rings is 2. The van der Waals surface area contributed by atoms with Crippen LogP contribution in [0.5, 0.6) is 11.5 Å². The monoisotopic (exact) mass is 679 g/mol. The molecule has 1 unspecified atom stereocenters. The van der Waals surface area contributed by atoms with E-state index in [0.717, 1.165) is 87.1 Å². The molecule has 1 aliphatic rings. The third-order valence-corrected chi connectivity index (χ3v) is 9.41. The summed E-state index contributed by atoms with van der Waals surface area (Å²) in [5, 5.41) is 18.0. The van der Waals surface area contributed by atoms with E-state index in [1.807, 2.05) is 53.4 Å². The molecule has 0 aliphatic carbocycles. The zero-order valence-electron chi connectivity index (χ0n) is 28.2. The first-order chi connectivity index (χ1) is 23.4. The molecule has 0 spiro atoms. The van der Waals surface area contributed by atoms with Crippen LogP contribution in [0, 0.1) is 5.92 Å². The van der Waals surface area contributed by atoms with E-state index in [4.69, 9.17) is 9.47 Å². The largest absolute Gasteiger partial charge is 0.497 e. The summed E-state index contributed by atoms with van der Waals surface area (Å²) in [5.74, 6) is 2.68. The summed E-state index contributed by atoms with van der Waals surface area (Å²) in [6, 6.07) is 15.6. The van der Waals surface area contributed by atoms with Crippen LogP contribution in [0.25, 0.3) is 0 Å². The average Bonchev–Trinajstić information content (AvgIpc) is 3.53. The van der Waals surface area contributed by atoms with E-state index in [9.17, 15) is 14.4 Å². The lowest BCUT2D eigenvalue weighted by atomic mass is 9.92. The van der Waals surface area contributed by atoms with Gasteiger partial charge >= 0.3 is 0 Å². The molecule has 2 aromatic carbocycles. The van der Waals surface area contributed by atoms with Gasteiger partial charge in [-0.2, -0.15) is 0 Å². The fraction of sp³-hybridized carbons (Fsp3) is 0.543. The zero-order valence-corrected chi connectivity index (χ0v) is 29.0. The third-order valence-electron chi connectivity index (χ3n) is 8.42. The summed E-state index contributed by atoms with van der Waals surface area (Å²) in [7, 11) is 3.40. The van der Waals surface area contributed by atoms with Crippen LogP contribution in [0.4, 0.5) is 0 Å². The number of carbonyl (C=O) groups excluding carboxylic acids is 3. The molecule has 1 aromatic heterocycles. The number of methoxy groups -OCH3 is 1. The number of thioether (sulfide) groups is 1. The van der Waals surface area contributed by atoms with Gasteiger partial charge in [0.15, 0.2) is 0 Å². The summed E-state index contributed by atoms with van der Waals surface area (Å²) in [6.45, 7) is 3.26. The smallest absolute Gasteiger partial charge is 0.233 e. The maximum Gasteiger partial charge on any atom is 0.233 e. The zero-order chi connectivity index (χ0) is 34.0. The van der Waals surface area contributed by atoms with Gasteiger partial charge in [-0.3, -0.25) is 14.4 Å². The molecule has 2 heterocycles. The van der Waals surface area contributed by atoms with Crippen LogP contribution in [0.2, 0.25) is 0 Å². The van der Waals surface area contributed by atoms with E-state index in [-0.39, 0.29) is 17.7 Å². The Morgan fingerprint density at radius 3 is 2.35 bits per heavy atom. The van der Waals surface area contributed by atoms with Crippen LogP contribution >= 0.6 is 11.8 Å². The number of piperidine rings is 1. The lowest BCUT2D eigenvalue weighted by molar-refractivity contribution is -0.130. The number of aryl methyl sites for hydroxylation is 1. The van der Waals surface area contributed by atoms with Crippen molar-refractivity contribution < 1.29 is 23.9 Å². The highest BCUT2D eigenvalue weighted by atomic mass is 32.2. The number of hydrogen-bond donors (Lipinski definition) is 2. The summed E-state index contributed by atoms with van der Waals surface area (Å²) < 4.78 is 12.6. The average molecular weight is 680 g/mol. The van der Waals surface area contributed by atoms with Crippen LogP contribution < -0.4 is 20.1 Å². The number of rotatable bonds is 20. The van der Waals surface area contributed by atoms with Crippen molar-refractivity contribution in [3.63, 3.8) is 0 Å². The highest BCUT2D eigenvalue weighted by Crippen LogP contribution is 2.23. The number of unbranched alkanes of at least 4 members (excludes halogenated alkanes) is 2. The van der Waals surface area contributed by atoms with Crippen molar-refractivity contribution in [2.45, 2.75) is 75.9 Å². The summed E-state index contributed by atoms with van der Waals surface area (Å²) in [5.41, 5.74) is 2.17. The molecule has 12 nitrogen and oxygen atoms in total. The van der Waals surface area contributed by atoms with Gasteiger partial charge in [0.2, 0.25) is 22.9 Å². The standard InChI is InChI=1S/C35H49N7O5S/c1-41-35(38-39-40-41)48-26-34(45)42-22-7-9-29(25-42)8-3-4-10-32(43)36-21-20-27-12-18-31(19-13-27)47-23-6-5-11-33(44)37-24-28-14-16-30(46-2)17-15-28/h12-19,29H,3-11,20-26H2,1-2H3,(H,36,43)(H,37,44). The molecule has 4 rings (SSSR count). The van der Waals surface area contributed by atoms with Gasteiger partial charge in [-0.25, -0.2) is 4.68 Å². The van der Waals surface area contributed by atoms with E-state index >= 15 is 0 Å². The van der Waals surface area contributed by atoms with Crippen molar-refractivity contribution in [2.75, 3.05) is 39.1 Å². The second-order valence-electron chi connectivity index (χ2n) is 12.1. The molecule has 260 valence electrons. The molecule has 0 radical (unpaired) electrons. The number of nitrogens with zero attached hydrogens (tertiary/aromatic N) is 5. The van der Waals surface area contributed by atoms with Crippen LogP contribution in [-0.2, 0) is 34.4 Å². The first-order valence-electron chi connectivity index (χ1n) is 16.9. The Morgan fingerprint density at radius 2 is 1.62 bits per heavy atom. The number of nitrogens with one attached hydrogen (secondary N) is 2. The molecule has 48 heavy (non-hydrogen) atoms. The summed E-state index contributed by atoms with van der Waals surface area (Å²) in [6.07, 6.45) is 8.33. The molecule has 3 aromatic rings. The van der Waals surface area contributed by atoms with Gasteiger partial charge in [0.25, 0.3) is 0 Å². The lowest BCUT2D eigenvalue weighted by Crippen LogP contribution is -2.40. The molecule has 0 bridgehead atoms. The highest BCUT2D eigenvalue weighted by molar-refractivity contribution is 7.99. The number of tetrazole rings is 1. The fourth-order valence-electron chi connectivity index (χ4n) is 5.60. The predicted octanol–water partition coefficient (Wildman–Crippen LogP) is 4.33. The molecular weight excluding hydrogens is 630 g/mol. The molecule has 0 saturated carbocycles. The fourth-order valence-corrected chi connectivity index (χ4v) is 6.36. The number of ether oxygens (including phenoxy) is 2. The van der Waals surface area contributed by atoms with Gasteiger partial charge in [-0.1, -0.05) is 42.4 Å². The van der Waals surface area contributed by atoms with E-state index < -0.39 is 0 Å². The molecule has 1 saturated heterocycles. The van der Waals surface area contributed by atoms with Gasteiger partial charge < -0.3 is 25.0 Å². The van der Waals surface area contributed by atoms with Crippen molar-refractivity contribution in [3.05, 3.63) is 59.7 Å². The number of aromatic nitrogens is 4. The molecule has 2 N–H and O–H groups in total. The maximum absolute atomic E-state index is 12.7. The van der Waals surface area contributed by atoms with Crippen LogP contribution in [0.1, 0.15) is 68.9 Å². The minimum Gasteiger partial charge on any atom is -0.497 e. The highest BCUT2D eigenvalue weighted by Gasteiger charge is 2.24. The predicted molar refractivity (Wildman–Crippen MR) is 185 cm³/mol. The van der Waals surface area contributed by atoms with Crippen molar-refractivity contribution in [2.24, 2.45) is 13.0 Å². The molecule has 1 atom stereocenters. The van der Waals surface area contributed by atoms with Gasteiger partial charge in [0, 0.05) is 46.1 Å². The van der Waals surface area contributed by atoms with Gasteiger partial charge in [0.1, 0.15) is 11.5 Å². The van der Waals surface area contributed by atoms with Crippen LogP contribution in [0.3, 0.4) is 0 Å². The second kappa shape index (κ2) is 20.3. The minimum absolute atomic E-state index is 0.0347. The SMILES string of the molecule is COc1ccc(CNC(=O)CCCCOc2ccc(CCNC(=O)CCCCC3CCCN(C(=O)CSc4nnnn4C)C3)cc2)cc1. The van der Waals surface area contributed by atoms with E-state index in [0.29, 0.717) is 49.4 Å². The maximum atomic E-state index is 12.7. The Hall–Kier alpha value is -4.13. The molecular formula is C35H49N7O5S. The number of likely N-dealkylation sites (tertiary alicyclic amines) is 1. The van der Waals surface area contributed by atoms with Crippen molar-refractivity contribution in [3.8, 4) is 11.5 Å². The van der Waals surface area contributed by atoms with E-state index in [1.54, 1.807) is 18.8 Å². The Kier molecular flexibility index (Phi) is 15.5. The van der Waals surface area contributed by atoms with Crippen LogP contribution in [0.15, 0.2) is 53.7 Å². The molecule has 1 aliphatic heterocycles. The Morgan fingerprint density at radius 1 is 0.917 bits per heavy atom. The van der Waals surface area contributed by atoms with E-state index in [2.05, 4.69) is 26.2 Å². The Bertz CT molecular complexity index is 1420. The van der Waals surface area contributed by atoms with Gasteiger partial charge in [0.05, 0.1) is 19.5 Å². The minimum atomic E-state index is 0.0347. The lowest BCUT2D eigenvalue weighted by Gasteiger charge is -2.32. The normalized spacial score (nSPS) is 14.4. The topological polar surface area (TPSA) is 141 Å². The van der Waals surface area contributed by atoms with Crippen molar-refractivity contribution >= 4 is 29.5 Å². The number of carbonyl (C=O) groups is 3. The first kappa shape index (κ1) is 36.7. The number of hydrogen-bond acceptors (Lipinski definition) is 9.